The van der Waals surface area contributed by atoms with Crippen LogP contribution in [-0.2, 0) is 11.2 Å². The number of methoxy groups -OCH3 is 1. The van der Waals surface area contributed by atoms with Crippen molar-refractivity contribution in [3.05, 3.63) is 64.2 Å². The van der Waals surface area contributed by atoms with Crippen LogP contribution in [0.5, 0.6) is 11.5 Å². The third-order valence-corrected chi connectivity index (χ3v) is 3.05. The number of ether oxygens (including phenoxy) is 2. The van der Waals surface area contributed by atoms with Gasteiger partial charge in [-0.3, -0.25) is 14.9 Å². The Morgan fingerprint density at radius 2 is 1.91 bits per heavy atom. The lowest BCUT2D eigenvalue weighted by atomic mass is 10.1. The molecule has 114 valence electrons. The Labute approximate surface area is 127 Å². The second-order valence-electron chi connectivity index (χ2n) is 4.55. The molecule has 2 aromatic rings. The molecule has 0 aliphatic heterocycles. The standard InChI is InChI=1S/C16H15NO5/c1-21-13-8-9-15(14(11-13)17(19)20)22-16(18)10-7-12-5-3-2-4-6-12/h2-6,8-9,11H,7,10H2,1H3. The van der Waals surface area contributed by atoms with Crippen molar-refractivity contribution in [2.24, 2.45) is 0 Å². The largest absolute Gasteiger partial charge is 0.496 e. The number of hydrogen-bond donors (Lipinski definition) is 0. The highest BCUT2D eigenvalue weighted by Crippen LogP contribution is 2.31. The van der Waals surface area contributed by atoms with E-state index in [9.17, 15) is 14.9 Å². The van der Waals surface area contributed by atoms with E-state index in [0.717, 1.165) is 5.56 Å². The number of carbonyl (C=O) groups excluding carboxylic acids is 1. The number of esters is 1. The lowest BCUT2D eigenvalue weighted by Gasteiger charge is -2.06. The molecule has 0 N–H and O–H groups in total. The molecule has 0 bridgehead atoms. The van der Waals surface area contributed by atoms with E-state index in [0.29, 0.717) is 12.2 Å². The lowest BCUT2D eigenvalue weighted by Crippen LogP contribution is -2.10. The van der Waals surface area contributed by atoms with Crippen molar-refractivity contribution in [3.8, 4) is 11.5 Å². The molecule has 0 fully saturated rings. The molecule has 0 radical (unpaired) electrons. The van der Waals surface area contributed by atoms with Crippen LogP contribution in [0.1, 0.15) is 12.0 Å². The maximum atomic E-state index is 11.8. The van der Waals surface area contributed by atoms with Crippen LogP contribution in [0.15, 0.2) is 48.5 Å². The fourth-order valence-corrected chi connectivity index (χ4v) is 1.92. The molecule has 0 atom stereocenters. The first-order valence-electron chi connectivity index (χ1n) is 6.67. The molecule has 0 spiro atoms. The summed E-state index contributed by atoms with van der Waals surface area (Å²) in [5.74, 6) is -0.267. The number of nitrogens with zero attached hydrogens (tertiary/aromatic N) is 1. The summed E-state index contributed by atoms with van der Waals surface area (Å²) in [4.78, 5) is 22.2. The fraction of sp³-hybridized carbons (Fsp3) is 0.188. The number of nitro groups is 1. The quantitative estimate of drug-likeness (QED) is 0.354. The van der Waals surface area contributed by atoms with Gasteiger partial charge in [0.15, 0.2) is 0 Å². The van der Waals surface area contributed by atoms with Crippen molar-refractivity contribution in [1.82, 2.24) is 0 Å². The summed E-state index contributed by atoms with van der Waals surface area (Å²) in [5.41, 5.74) is 0.705. The third kappa shape index (κ3) is 4.05. The molecule has 22 heavy (non-hydrogen) atoms. The van der Waals surface area contributed by atoms with Crippen LogP contribution in [0.4, 0.5) is 5.69 Å². The first kappa shape index (κ1) is 15.5. The van der Waals surface area contributed by atoms with Crippen molar-refractivity contribution < 1.29 is 19.2 Å². The van der Waals surface area contributed by atoms with Gasteiger partial charge in [-0.15, -0.1) is 0 Å². The molecule has 0 aromatic heterocycles. The maximum Gasteiger partial charge on any atom is 0.315 e. The van der Waals surface area contributed by atoms with E-state index in [4.69, 9.17) is 9.47 Å². The van der Waals surface area contributed by atoms with Crippen LogP contribution >= 0.6 is 0 Å². The average Bonchev–Trinajstić information content (AvgIpc) is 2.54. The fourth-order valence-electron chi connectivity index (χ4n) is 1.92. The van der Waals surface area contributed by atoms with Gasteiger partial charge in [0, 0.05) is 6.42 Å². The summed E-state index contributed by atoms with van der Waals surface area (Å²) >= 11 is 0. The van der Waals surface area contributed by atoms with E-state index in [1.807, 2.05) is 30.3 Å². The van der Waals surface area contributed by atoms with Crippen LogP contribution < -0.4 is 9.47 Å². The zero-order chi connectivity index (χ0) is 15.9. The van der Waals surface area contributed by atoms with Gasteiger partial charge in [0.2, 0.25) is 5.75 Å². The minimum atomic E-state index is -0.609. The van der Waals surface area contributed by atoms with E-state index in [1.165, 1.54) is 25.3 Å². The SMILES string of the molecule is COc1ccc(OC(=O)CCc2ccccc2)c([N+](=O)[O-])c1. The van der Waals surface area contributed by atoms with Gasteiger partial charge in [0.1, 0.15) is 5.75 Å². The molecule has 0 unspecified atom stereocenters. The first-order chi connectivity index (χ1) is 10.6. The first-order valence-corrected chi connectivity index (χ1v) is 6.67. The lowest BCUT2D eigenvalue weighted by molar-refractivity contribution is -0.385. The Hall–Kier alpha value is -2.89. The number of carbonyl (C=O) groups is 1. The molecule has 0 saturated heterocycles. The molecule has 0 saturated carbocycles. The molecular formula is C16H15NO5. The van der Waals surface area contributed by atoms with Gasteiger partial charge in [-0.25, -0.2) is 0 Å². The van der Waals surface area contributed by atoms with Gasteiger partial charge in [-0.1, -0.05) is 30.3 Å². The topological polar surface area (TPSA) is 78.7 Å². The molecule has 2 rings (SSSR count). The molecule has 0 amide bonds. The van der Waals surface area contributed by atoms with Gasteiger partial charge >= 0.3 is 11.7 Å². The van der Waals surface area contributed by atoms with Crippen LogP contribution in [0, 0.1) is 10.1 Å². The minimum absolute atomic E-state index is 0.0798. The summed E-state index contributed by atoms with van der Waals surface area (Å²) in [6.45, 7) is 0. The molecule has 0 aliphatic carbocycles. The molecule has 6 nitrogen and oxygen atoms in total. The normalized spacial score (nSPS) is 10.0. The number of nitro benzene ring substituents is 1. The smallest absolute Gasteiger partial charge is 0.315 e. The van der Waals surface area contributed by atoms with Gasteiger partial charge in [-0.05, 0) is 24.1 Å². The van der Waals surface area contributed by atoms with E-state index in [2.05, 4.69) is 0 Å². The highest BCUT2D eigenvalue weighted by molar-refractivity contribution is 5.74. The monoisotopic (exact) mass is 301 g/mol. The summed E-state index contributed by atoms with van der Waals surface area (Å²) in [6.07, 6.45) is 0.664. The van der Waals surface area contributed by atoms with Gasteiger partial charge in [-0.2, -0.15) is 0 Å². The third-order valence-electron chi connectivity index (χ3n) is 3.05. The molecule has 6 heteroatoms. The molecule has 2 aromatic carbocycles. The van der Waals surface area contributed by atoms with Crippen molar-refractivity contribution in [2.75, 3.05) is 7.11 Å². The zero-order valence-corrected chi connectivity index (χ0v) is 12.0. The Morgan fingerprint density at radius 3 is 2.55 bits per heavy atom. The Bertz CT molecular complexity index is 669. The molecule has 0 heterocycles. The van der Waals surface area contributed by atoms with E-state index in [-0.39, 0.29) is 17.9 Å². The predicted octanol–water partition coefficient (Wildman–Crippen LogP) is 3.14. The van der Waals surface area contributed by atoms with E-state index >= 15 is 0 Å². The van der Waals surface area contributed by atoms with Gasteiger partial charge in [0.05, 0.1) is 18.1 Å². The van der Waals surface area contributed by atoms with Crippen LogP contribution in [0.25, 0.3) is 0 Å². The van der Waals surface area contributed by atoms with Crippen molar-refractivity contribution >= 4 is 11.7 Å². The minimum Gasteiger partial charge on any atom is -0.496 e. The second kappa shape index (κ2) is 7.21. The van der Waals surface area contributed by atoms with Gasteiger partial charge in [0.25, 0.3) is 0 Å². The summed E-state index contributed by atoms with van der Waals surface area (Å²) in [5, 5.41) is 11.0. The van der Waals surface area contributed by atoms with Crippen molar-refractivity contribution in [2.45, 2.75) is 12.8 Å². The molecular weight excluding hydrogens is 286 g/mol. The van der Waals surface area contributed by atoms with Crippen LogP contribution in [0.3, 0.4) is 0 Å². The predicted molar refractivity (Wildman–Crippen MR) is 80.0 cm³/mol. The van der Waals surface area contributed by atoms with Crippen LogP contribution in [-0.4, -0.2) is 18.0 Å². The highest BCUT2D eigenvalue weighted by atomic mass is 16.6. The Balaban J connectivity index is 2.03. The van der Waals surface area contributed by atoms with E-state index in [1.54, 1.807) is 0 Å². The summed E-state index contributed by atoms with van der Waals surface area (Å²) in [7, 11) is 1.41. The van der Waals surface area contributed by atoms with E-state index < -0.39 is 10.9 Å². The Morgan fingerprint density at radius 1 is 1.18 bits per heavy atom. The number of rotatable bonds is 6. The van der Waals surface area contributed by atoms with Gasteiger partial charge < -0.3 is 9.47 Å². The number of benzene rings is 2. The van der Waals surface area contributed by atoms with Crippen molar-refractivity contribution in [1.29, 1.82) is 0 Å². The number of hydrogen-bond acceptors (Lipinski definition) is 5. The highest BCUT2D eigenvalue weighted by Gasteiger charge is 2.19. The zero-order valence-electron chi connectivity index (χ0n) is 12.0. The molecule has 0 aliphatic rings. The average molecular weight is 301 g/mol. The summed E-state index contributed by atoms with van der Waals surface area (Å²) in [6, 6.07) is 13.6. The van der Waals surface area contributed by atoms with Crippen LogP contribution in [0.2, 0.25) is 0 Å². The number of aryl methyl sites for hydroxylation is 1. The second-order valence-corrected chi connectivity index (χ2v) is 4.55. The Kier molecular flexibility index (Phi) is 5.08. The summed E-state index contributed by atoms with van der Waals surface area (Å²) < 4.78 is 10.0. The maximum absolute atomic E-state index is 11.8. The van der Waals surface area contributed by atoms with Crippen molar-refractivity contribution in [3.63, 3.8) is 0 Å².